The number of nitrogens with one attached hydrogen (secondary N) is 2. The Kier molecular flexibility index (Phi) is 6.84. The summed E-state index contributed by atoms with van der Waals surface area (Å²) in [6, 6.07) is 14.1. The molecule has 0 saturated heterocycles. The fourth-order valence-electron chi connectivity index (χ4n) is 3.04. The van der Waals surface area contributed by atoms with E-state index in [9.17, 15) is 9.18 Å². The van der Waals surface area contributed by atoms with Gasteiger partial charge >= 0.3 is 0 Å². The van der Waals surface area contributed by atoms with Crippen LogP contribution in [0.25, 0.3) is 0 Å². The number of hydrogen-bond acceptors (Lipinski definition) is 3. The average molecular weight is 384 g/mol. The monoisotopic (exact) mass is 384 g/mol. The molecule has 6 nitrogen and oxygen atoms in total. The lowest BCUT2D eigenvalue weighted by molar-refractivity contribution is -0.121. The first kappa shape index (κ1) is 19.7. The molecule has 28 heavy (non-hydrogen) atoms. The maximum absolute atomic E-state index is 12.9. The summed E-state index contributed by atoms with van der Waals surface area (Å²) in [5, 5.41) is 6.49. The highest BCUT2D eigenvalue weighted by Gasteiger charge is 2.24. The lowest BCUT2D eigenvalue weighted by Crippen LogP contribution is -2.42. The number of ether oxygens (including phenoxy) is 1. The number of nitrogens with zero attached hydrogens (tertiary/aromatic N) is 2. The molecule has 0 fully saturated rings. The van der Waals surface area contributed by atoms with Crippen LogP contribution in [-0.2, 0) is 11.2 Å². The van der Waals surface area contributed by atoms with Crippen LogP contribution in [0.4, 0.5) is 10.1 Å². The molecule has 3 rings (SSSR count). The second-order valence-electron chi connectivity index (χ2n) is 6.46. The van der Waals surface area contributed by atoms with E-state index >= 15 is 0 Å². The van der Waals surface area contributed by atoms with Crippen LogP contribution in [0.5, 0.6) is 5.75 Å². The summed E-state index contributed by atoms with van der Waals surface area (Å²) in [6.07, 6.45) is 1.55. The number of guanidine groups is 1. The van der Waals surface area contributed by atoms with Crippen LogP contribution < -0.4 is 20.3 Å². The summed E-state index contributed by atoms with van der Waals surface area (Å²) in [7, 11) is 1.72. The first-order valence-electron chi connectivity index (χ1n) is 9.38. The minimum absolute atomic E-state index is 0.0273. The van der Waals surface area contributed by atoms with E-state index in [1.165, 1.54) is 12.1 Å². The van der Waals surface area contributed by atoms with E-state index in [1.54, 1.807) is 24.1 Å². The number of anilines is 1. The number of carbonyl (C=O) groups excluding carboxylic acids is 1. The number of benzene rings is 2. The molecule has 1 amide bonds. The first-order chi connectivity index (χ1) is 13.7. The molecule has 2 N–H and O–H groups in total. The predicted molar refractivity (Wildman–Crippen MR) is 108 cm³/mol. The quantitative estimate of drug-likeness (QED) is 0.437. The van der Waals surface area contributed by atoms with E-state index < -0.39 is 0 Å². The highest BCUT2D eigenvalue weighted by molar-refractivity contribution is 5.97. The number of halogens is 1. The zero-order valence-electron chi connectivity index (χ0n) is 16.0. The van der Waals surface area contributed by atoms with Crippen LogP contribution in [0.3, 0.4) is 0 Å². The van der Waals surface area contributed by atoms with Crippen molar-refractivity contribution in [3.8, 4) is 5.75 Å². The fourth-order valence-corrected chi connectivity index (χ4v) is 3.04. The first-order valence-corrected chi connectivity index (χ1v) is 9.38. The number of rotatable bonds is 7. The second-order valence-corrected chi connectivity index (χ2v) is 6.46. The van der Waals surface area contributed by atoms with Crippen molar-refractivity contribution in [1.82, 2.24) is 10.6 Å². The maximum Gasteiger partial charge on any atom is 0.265 e. The Hall–Kier alpha value is -3.09. The largest absolute Gasteiger partial charge is 0.482 e. The van der Waals surface area contributed by atoms with Gasteiger partial charge in [-0.3, -0.25) is 9.79 Å². The molecular formula is C21H25FN4O2. The van der Waals surface area contributed by atoms with Gasteiger partial charge in [-0.2, -0.15) is 0 Å². The predicted octanol–water partition coefficient (Wildman–Crippen LogP) is 2.35. The summed E-state index contributed by atoms with van der Waals surface area (Å²) in [5.74, 6) is 1.19. The molecule has 1 heterocycles. The lowest BCUT2D eigenvalue weighted by Gasteiger charge is -2.29. The van der Waals surface area contributed by atoms with Crippen molar-refractivity contribution >= 4 is 17.6 Å². The minimum Gasteiger partial charge on any atom is -0.482 e. The van der Waals surface area contributed by atoms with Gasteiger partial charge in [0.1, 0.15) is 11.6 Å². The molecule has 0 bridgehead atoms. The smallest absolute Gasteiger partial charge is 0.265 e. The third-order valence-electron chi connectivity index (χ3n) is 4.50. The average Bonchev–Trinajstić information content (AvgIpc) is 2.72. The molecule has 2 aromatic carbocycles. The molecule has 0 aliphatic carbocycles. The zero-order chi connectivity index (χ0) is 19.8. The van der Waals surface area contributed by atoms with Crippen molar-refractivity contribution in [3.05, 3.63) is 59.9 Å². The summed E-state index contributed by atoms with van der Waals surface area (Å²) in [5.41, 5.74) is 1.88. The van der Waals surface area contributed by atoms with Gasteiger partial charge < -0.3 is 20.3 Å². The van der Waals surface area contributed by atoms with E-state index in [1.807, 2.05) is 24.3 Å². The second kappa shape index (κ2) is 9.73. The minimum atomic E-state index is -0.226. The van der Waals surface area contributed by atoms with E-state index in [4.69, 9.17) is 4.74 Å². The SMILES string of the molecule is CN=C(NCCCN1C(=O)COc2ccccc21)NCCc1ccc(F)cc1. The molecule has 1 aliphatic rings. The third kappa shape index (κ3) is 5.22. The van der Waals surface area contributed by atoms with Crippen molar-refractivity contribution in [2.75, 3.05) is 38.2 Å². The number of amides is 1. The Morgan fingerprint density at radius 2 is 1.89 bits per heavy atom. The number of hydrogen-bond donors (Lipinski definition) is 2. The Bertz CT molecular complexity index is 823. The van der Waals surface area contributed by atoms with Crippen LogP contribution >= 0.6 is 0 Å². The molecule has 1 aliphatic heterocycles. The topological polar surface area (TPSA) is 66.0 Å². The molecule has 0 atom stereocenters. The number of aliphatic imine (C=N–C) groups is 1. The molecule has 0 saturated carbocycles. The molecule has 2 aromatic rings. The summed E-state index contributed by atoms with van der Waals surface area (Å²) < 4.78 is 18.4. The summed E-state index contributed by atoms with van der Waals surface area (Å²) in [6.45, 7) is 2.07. The van der Waals surface area contributed by atoms with Gasteiger partial charge in [0.05, 0.1) is 5.69 Å². The standard InChI is InChI=1S/C21H25FN4O2/c1-23-21(25-13-11-16-7-9-17(22)10-8-16)24-12-4-14-26-18-5-2-3-6-19(18)28-15-20(26)27/h2-3,5-10H,4,11-15H2,1H3,(H2,23,24,25). The van der Waals surface area contributed by atoms with Crippen LogP contribution in [0.1, 0.15) is 12.0 Å². The van der Waals surface area contributed by atoms with E-state index in [2.05, 4.69) is 15.6 Å². The molecule has 0 aromatic heterocycles. The van der Waals surface area contributed by atoms with Gasteiger partial charge in [0.25, 0.3) is 5.91 Å². The molecule has 0 unspecified atom stereocenters. The van der Waals surface area contributed by atoms with Crippen LogP contribution in [0.15, 0.2) is 53.5 Å². The zero-order valence-corrected chi connectivity index (χ0v) is 16.0. The number of fused-ring (bicyclic) bond motifs is 1. The molecule has 148 valence electrons. The van der Waals surface area contributed by atoms with Crippen molar-refractivity contribution in [2.45, 2.75) is 12.8 Å². The van der Waals surface area contributed by atoms with Gasteiger partial charge in [0, 0.05) is 26.7 Å². The Balaban J connectivity index is 1.40. The number of carbonyl (C=O) groups is 1. The van der Waals surface area contributed by atoms with Gasteiger partial charge in [-0.1, -0.05) is 24.3 Å². The third-order valence-corrected chi connectivity index (χ3v) is 4.50. The fraction of sp³-hybridized carbons (Fsp3) is 0.333. The molecule has 0 radical (unpaired) electrons. The van der Waals surface area contributed by atoms with Crippen molar-refractivity contribution in [1.29, 1.82) is 0 Å². The van der Waals surface area contributed by atoms with Crippen molar-refractivity contribution in [2.24, 2.45) is 4.99 Å². The van der Waals surface area contributed by atoms with Crippen LogP contribution in [0.2, 0.25) is 0 Å². The normalized spacial score (nSPS) is 13.7. The van der Waals surface area contributed by atoms with Gasteiger partial charge in [0.2, 0.25) is 0 Å². The summed E-state index contributed by atoms with van der Waals surface area (Å²) >= 11 is 0. The molecular weight excluding hydrogens is 359 g/mol. The highest BCUT2D eigenvalue weighted by atomic mass is 19.1. The van der Waals surface area contributed by atoms with Crippen molar-refractivity contribution < 1.29 is 13.9 Å². The lowest BCUT2D eigenvalue weighted by atomic mass is 10.1. The van der Waals surface area contributed by atoms with Gasteiger partial charge in [-0.25, -0.2) is 4.39 Å². The molecule has 0 spiro atoms. The Labute approximate surface area is 164 Å². The van der Waals surface area contributed by atoms with Gasteiger partial charge in [-0.15, -0.1) is 0 Å². The maximum atomic E-state index is 12.9. The van der Waals surface area contributed by atoms with E-state index in [0.29, 0.717) is 25.6 Å². The van der Waals surface area contributed by atoms with E-state index in [-0.39, 0.29) is 18.3 Å². The van der Waals surface area contributed by atoms with Crippen LogP contribution in [0, 0.1) is 5.82 Å². The Morgan fingerprint density at radius 1 is 1.14 bits per heavy atom. The highest BCUT2D eigenvalue weighted by Crippen LogP contribution is 2.31. The Morgan fingerprint density at radius 3 is 2.68 bits per heavy atom. The molecule has 7 heteroatoms. The van der Waals surface area contributed by atoms with Gasteiger partial charge in [0.15, 0.2) is 12.6 Å². The van der Waals surface area contributed by atoms with E-state index in [0.717, 1.165) is 29.8 Å². The van der Waals surface area contributed by atoms with Crippen molar-refractivity contribution in [3.63, 3.8) is 0 Å². The summed E-state index contributed by atoms with van der Waals surface area (Å²) in [4.78, 5) is 18.1. The van der Waals surface area contributed by atoms with Gasteiger partial charge in [-0.05, 0) is 42.7 Å². The van der Waals surface area contributed by atoms with Crippen LogP contribution in [-0.4, -0.2) is 45.2 Å². The number of para-hydroxylation sites is 2.